The Morgan fingerprint density at radius 3 is 2.04 bits per heavy atom. The number of fused-ring (bicyclic) bond motifs is 1. The molecule has 1 aliphatic carbocycles. The summed E-state index contributed by atoms with van der Waals surface area (Å²) in [5.74, 6) is 0.906. The lowest BCUT2D eigenvalue weighted by Gasteiger charge is -2.37. The number of likely N-dealkylation sites (tertiary alicyclic amines) is 1. The monoisotopic (exact) mass is 357 g/mol. The molecule has 26 heavy (non-hydrogen) atoms. The van der Waals surface area contributed by atoms with Crippen molar-refractivity contribution < 1.29 is 14.3 Å². The van der Waals surface area contributed by atoms with Gasteiger partial charge in [0.25, 0.3) is 0 Å². The van der Waals surface area contributed by atoms with Crippen LogP contribution >= 0.6 is 0 Å². The van der Waals surface area contributed by atoms with E-state index >= 15 is 0 Å². The fourth-order valence-corrected chi connectivity index (χ4v) is 4.51. The maximum absolute atomic E-state index is 12.6. The highest BCUT2D eigenvalue weighted by Crippen LogP contribution is 2.38. The van der Waals surface area contributed by atoms with Crippen LogP contribution in [0.25, 0.3) is 0 Å². The fraction of sp³-hybridized carbons (Fsp3) is 0.600. The number of amides is 2. The van der Waals surface area contributed by atoms with Crippen molar-refractivity contribution >= 4 is 17.5 Å². The second-order valence-electron chi connectivity index (χ2n) is 7.55. The van der Waals surface area contributed by atoms with E-state index in [1.54, 1.807) is 7.11 Å². The van der Waals surface area contributed by atoms with E-state index in [2.05, 4.69) is 21.9 Å². The van der Waals surface area contributed by atoms with E-state index in [9.17, 15) is 9.59 Å². The van der Waals surface area contributed by atoms with Gasteiger partial charge in [-0.2, -0.15) is 0 Å². The van der Waals surface area contributed by atoms with Crippen LogP contribution in [0.3, 0.4) is 0 Å². The van der Waals surface area contributed by atoms with E-state index in [0.717, 1.165) is 57.6 Å². The summed E-state index contributed by atoms with van der Waals surface area (Å²) in [7, 11) is 1.67. The number of piperazine rings is 1. The van der Waals surface area contributed by atoms with Crippen LogP contribution in [0.1, 0.15) is 25.7 Å². The van der Waals surface area contributed by atoms with Gasteiger partial charge in [0.2, 0.25) is 11.8 Å². The van der Waals surface area contributed by atoms with Crippen LogP contribution in [-0.4, -0.2) is 61.6 Å². The molecule has 6 nitrogen and oxygen atoms in total. The van der Waals surface area contributed by atoms with Crippen LogP contribution in [0.2, 0.25) is 0 Å². The summed E-state index contributed by atoms with van der Waals surface area (Å²) in [6.45, 7) is 3.97. The van der Waals surface area contributed by atoms with Crippen molar-refractivity contribution in [1.82, 2.24) is 9.80 Å². The Labute approximate surface area is 154 Å². The summed E-state index contributed by atoms with van der Waals surface area (Å²) in [5, 5.41) is 0. The molecule has 2 atom stereocenters. The molecule has 6 heteroatoms. The van der Waals surface area contributed by atoms with Crippen LogP contribution in [0.15, 0.2) is 24.3 Å². The lowest BCUT2D eigenvalue weighted by atomic mass is 9.81. The molecule has 0 bridgehead atoms. The summed E-state index contributed by atoms with van der Waals surface area (Å²) in [4.78, 5) is 31.3. The zero-order chi connectivity index (χ0) is 18.1. The van der Waals surface area contributed by atoms with Gasteiger partial charge in [0.05, 0.1) is 25.6 Å². The van der Waals surface area contributed by atoms with Crippen molar-refractivity contribution in [2.75, 3.05) is 44.9 Å². The van der Waals surface area contributed by atoms with Gasteiger partial charge in [0.15, 0.2) is 0 Å². The number of imide groups is 1. The molecule has 2 amide bonds. The predicted octanol–water partition coefficient (Wildman–Crippen LogP) is 1.95. The SMILES string of the molecule is COc1ccc(N2CCN(CN3C(=O)[C@H]4CCCC[C@H]4C3=O)CC2)cc1. The summed E-state index contributed by atoms with van der Waals surface area (Å²) in [5.41, 5.74) is 1.18. The van der Waals surface area contributed by atoms with Gasteiger partial charge in [-0.15, -0.1) is 0 Å². The Bertz CT molecular complexity index is 643. The number of nitrogens with zero attached hydrogens (tertiary/aromatic N) is 3. The smallest absolute Gasteiger partial charge is 0.234 e. The minimum Gasteiger partial charge on any atom is -0.497 e. The first-order valence-corrected chi connectivity index (χ1v) is 9.64. The topological polar surface area (TPSA) is 53.1 Å². The van der Waals surface area contributed by atoms with E-state index in [1.165, 1.54) is 10.6 Å². The molecule has 0 unspecified atom stereocenters. The average molecular weight is 357 g/mol. The molecule has 3 fully saturated rings. The molecule has 4 rings (SSSR count). The van der Waals surface area contributed by atoms with Crippen LogP contribution < -0.4 is 9.64 Å². The van der Waals surface area contributed by atoms with Gasteiger partial charge in [-0.1, -0.05) is 12.8 Å². The Morgan fingerprint density at radius 1 is 0.923 bits per heavy atom. The molecule has 0 aromatic heterocycles. The zero-order valence-electron chi connectivity index (χ0n) is 15.4. The second kappa shape index (κ2) is 7.27. The van der Waals surface area contributed by atoms with Gasteiger partial charge in [0, 0.05) is 31.9 Å². The van der Waals surface area contributed by atoms with E-state index in [4.69, 9.17) is 4.74 Å². The Hall–Kier alpha value is -2.08. The summed E-state index contributed by atoms with van der Waals surface area (Å²) in [6.07, 6.45) is 3.93. The third kappa shape index (κ3) is 3.18. The Balaban J connectivity index is 1.33. The van der Waals surface area contributed by atoms with Crippen LogP contribution in [-0.2, 0) is 9.59 Å². The standard InChI is InChI=1S/C20H27N3O3/c1-26-16-8-6-15(7-9-16)22-12-10-21(11-13-22)14-23-19(24)17-4-2-3-5-18(17)20(23)25/h6-9,17-18H,2-5,10-14H2,1H3/t17-,18+. The van der Waals surface area contributed by atoms with Gasteiger partial charge in [-0.3, -0.25) is 19.4 Å². The maximum Gasteiger partial charge on any atom is 0.234 e. The first kappa shape index (κ1) is 17.3. The number of carbonyl (C=O) groups is 2. The molecule has 2 aliphatic heterocycles. The van der Waals surface area contributed by atoms with E-state index in [-0.39, 0.29) is 23.7 Å². The van der Waals surface area contributed by atoms with Crippen molar-refractivity contribution in [3.63, 3.8) is 0 Å². The molecule has 2 saturated heterocycles. The molecule has 1 aromatic rings. The number of rotatable bonds is 4. The summed E-state index contributed by atoms with van der Waals surface area (Å²) >= 11 is 0. The summed E-state index contributed by atoms with van der Waals surface area (Å²) < 4.78 is 5.21. The first-order chi connectivity index (χ1) is 12.7. The number of ether oxygens (including phenoxy) is 1. The number of hydrogen-bond donors (Lipinski definition) is 0. The van der Waals surface area contributed by atoms with Gasteiger partial charge in [0.1, 0.15) is 5.75 Å². The minimum absolute atomic E-state index is 0.0446. The molecule has 1 saturated carbocycles. The van der Waals surface area contributed by atoms with Crippen molar-refractivity contribution in [3.8, 4) is 5.75 Å². The van der Waals surface area contributed by atoms with Gasteiger partial charge in [-0.25, -0.2) is 0 Å². The lowest BCUT2D eigenvalue weighted by Crippen LogP contribution is -2.51. The lowest BCUT2D eigenvalue weighted by molar-refractivity contribution is -0.142. The van der Waals surface area contributed by atoms with E-state index < -0.39 is 0 Å². The van der Waals surface area contributed by atoms with Crippen LogP contribution in [0, 0.1) is 11.8 Å². The van der Waals surface area contributed by atoms with Crippen LogP contribution in [0.5, 0.6) is 5.75 Å². The second-order valence-corrected chi connectivity index (χ2v) is 7.55. The molecule has 140 valence electrons. The molecule has 0 spiro atoms. The molecular weight excluding hydrogens is 330 g/mol. The number of benzene rings is 1. The van der Waals surface area contributed by atoms with Crippen molar-refractivity contribution in [3.05, 3.63) is 24.3 Å². The van der Waals surface area contributed by atoms with Crippen LogP contribution in [0.4, 0.5) is 5.69 Å². The molecule has 0 radical (unpaired) electrons. The normalized spacial score (nSPS) is 27.0. The van der Waals surface area contributed by atoms with E-state index in [1.807, 2.05) is 12.1 Å². The van der Waals surface area contributed by atoms with Gasteiger partial charge >= 0.3 is 0 Å². The Morgan fingerprint density at radius 2 is 1.50 bits per heavy atom. The largest absolute Gasteiger partial charge is 0.497 e. The third-order valence-electron chi connectivity index (χ3n) is 6.08. The number of methoxy groups -OCH3 is 1. The zero-order valence-corrected chi connectivity index (χ0v) is 15.4. The highest BCUT2D eigenvalue weighted by molar-refractivity contribution is 6.05. The fourth-order valence-electron chi connectivity index (χ4n) is 4.51. The predicted molar refractivity (Wildman–Crippen MR) is 98.9 cm³/mol. The number of carbonyl (C=O) groups excluding carboxylic acids is 2. The highest BCUT2D eigenvalue weighted by Gasteiger charge is 2.48. The van der Waals surface area contributed by atoms with Gasteiger partial charge < -0.3 is 9.64 Å². The Kier molecular flexibility index (Phi) is 4.85. The molecule has 3 aliphatic rings. The quantitative estimate of drug-likeness (QED) is 0.771. The average Bonchev–Trinajstić information content (AvgIpc) is 2.94. The molecule has 1 aromatic carbocycles. The van der Waals surface area contributed by atoms with E-state index in [0.29, 0.717) is 6.67 Å². The minimum atomic E-state index is -0.0446. The number of anilines is 1. The third-order valence-corrected chi connectivity index (χ3v) is 6.08. The van der Waals surface area contributed by atoms with Crippen molar-refractivity contribution in [2.24, 2.45) is 11.8 Å². The van der Waals surface area contributed by atoms with Crippen molar-refractivity contribution in [2.45, 2.75) is 25.7 Å². The van der Waals surface area contributed by atoms with Gasteiger partial charge in [-0.05, 0) is 37.1 Å². The maximum atomic E-state index is 12.6. The molecule has 2 heterocycles. The highest BCUT2D eigenvalue weighted by atomic mass is 16.5. The number of hydrogen-bond acceptors (Lipinski definition) is 5. The van der Waals surface area contributed by atoms with Crippen molar-refractivity contribution in [1.29, 1.82) is 0 Å². The molecule has 0 N–H and O–H groups in total. The first-order valence-electron chi connectivity index (χ1n) is 9.64. The summed E-state index contributed by atoms with van der Waals surface area (Å²) in [6, 6.07) is 8.11. The molecular formula is C20H27N3O3.